The summed E-state index contributed by atoms with van der Waals surface area (Å²) < 4.78 is 5.27. The van der Waals surface area contributed by atoms with Crippen LogP contribution in [0.3, 0.4) is 0 Å². The second-order valence-electron chi connectivity index (χ2n) is 6.79. The van der Waals surface area contributed by atoms with Crippen LogP contribution in [0.25, 0.3) is 11.0 Å². The van der Waals surface area contributed by atoms with Gasteiger partial charge in [0.05, 0.1) is 6.04 Å². The van der Waals surface area contributed by atoms with E-state index >= 15 is 0 Å². The molecule has 1 saturated carbocycles. The summed E-state index contributed by atoms with van der Waals surface area (Å²) in [7, 11) is 0. The maximum Gasteiger partial charge on any atom is 0.336 e. The molecule has 23 heavy (non-hydrogen) atoms. The lowest BCUT2D eigenvalue weighted by Gasteiger charge is -2.26. The summed E-state index contributed by atoms with van der Waals surface area (Å²) in [5.74, 6) is 0.926. The lowest BCUT2D eigenvalue weighted by atomic mass is 9.86. The molecule has 124 valence electrons. The molecular formula is C19H26NO3+. The van der Waals surface area contributed by atoms with Gasteiger partial charge >= 0.3 is 5.63 Å². The molecule has 1 aromatic heterocycles. The van der Waals surface area contributed by atoms with Crippen LogP contribution in [-0.2, 0) is 13.0 Å². The number of fused-ring (bicyclic) bond motifs is 1. The van der Waals surface area contributed by atoms with E-state index in [1.807, 2.05) is 13.0 Å². The molecule has 1 aromatic carbocycles. The van der Waals surface area contributed by atoms with Crippen LogP contribution in [0, 0.1) is 5.92 Å². The maximum absolute atomic E-state index is 11.8. The summed E-state index contributed by atoms with van der Waals surface area (Å²) in [6, 6.07) is 5.76. The van der Waals surface area contributed by atoms with Crippen LogP contribution in [0.1, 0.15) is 50.7 Å². The first-order chi connectivity index (χ1) is 11.1. The fraction of sp³-hybridized carbons (Fsp3) is 0.526. The van der Waals surface area contributed by atoms with Crippen molar-refractivity contribution in [1.29, 1.82) is 0 Å². The molecule has 0 saturated heterocycles. The van der Waals surface area contributed by atoms with Crippen LogP contribution in [0.4, 0.5) is 0 Å². The quantitative estimate of drug-likeness (QED) is 0.852. The zero-order chi connectivity index (χ0) is 16.4. The molecule has 0 radical (unpaired) electrons. The number of aryl methyl sites for hydroxylation is 1. The predicted octanol–water partition coefficient (Wildman–Crippen LogP) is 2.70. The molecule has 2 aromatic rings. The van der Waals surface area contributed by atoms with E-state index in [1.54, 1.807) is 12.1 Å². The second kappa shape index (κ2) is 6.75. The number of rotatable bonds is 4. The lowest BCUT2D eigenvalue weighted by molar-refractivity contribution is -0.712. The van der Waals surface area contributed by atoms with Crippen LogP contribution in [0.15, 0.2) is 27.4 Å². The van der Waals surface area contributed by atoms with Gasteiger partial charge in [-0.3, -0.25) is 0 Å². The third-order valence-corrected chi connectivity index (χ3v) is 5.23. The highest BCUT2D eigenvalue weighted by Gasteiger charge is 2.24. The Balaban J connectivity index is 1.91. The molecule has 0 bridgehead atoms. The van der Waals surface area contributed by atoms with Gasteiger partial charge in [-0.05, 0) is 37.3 Å². The van der Waals surface area contributed by atoms with Crippen molar-refractivity contribution < 1.29 is 14.8 Å². The zero-order valence-electron chi connectivity index (χ0n) is 14.0. The molecular weight excluding hydrogens is 290 g/mol. The van der Waals surface area contributed by atoms with Crippen LogP contribution in [0.2, 0.25) is 0 Å². The van der Waals surface area contributed by atoms with Gasteiger partial charge in [0.25, 0.3) is 0 Å². The van der Waals surface area contributed by atoms with E-state index in [9.17, 15) is 9.90 Å². The minimum atomic E-state index is -0.346. The number of quaternary nitrogens is 1. The topological polar surface area (TPSA) is 67.0 Å². The van der Waals surface area contributed by atoms with Crippen molar-refractivity contribution in [3.05, 3.63) is 39.7 Å². The molecule has 3 rings (SSSR count). The van der Waals surface area contributed by atoms with E-state index < -0.39 is 0 Å². The van der Waals surface area contributed by atoms with Crippen LogP contribution in [-0.4, -0.2) is 11.1 Å². The van der Waals surface area contributed by atoms with Crippen molar-refractivity contribution in [3.8, 4) is 5.75 Å². The molecule has 1 fully saturated rings. The Hall–Kier alpha value is -1.81. The van der Waals surface area contributed by atoms with Crippen molar-refractivity contribution in [2.75, 3.05) is 0 Å². The fourth-order valence-electron chi connectivity index (χ4n) is 3.73. The van der Waals surface area contributed by atoms with Gasteiger partial charge in [0.1, 0.15) is 17.9 Å². The van der Waals surface area contributed by atoms with Crippen molar-refractivity contribution >= 4 is 11.0 Å². The first-order valence-electron chi connectivity index (χ1n) is 8.70. The molecule has 1 heterocycles. The number of nitrogens with two attached hydrogens (primary N) is 1. The molecule has 1 aliphatic carbocycles. The van der Waals surface area contributed by atoms with E-state index in [0.29, 0.717) is 11.6 Å². The SMILES string of the molecule is CCc1cc2c(C[NH2+][C@H]3CCCC[C@@H]3C)cc(=O)oc2cc1O. The molecule has 3 N–H and O–H groups in total. The van der Waals surface area contributed by atoms with Gasteiger partial charge in [0, 0.05) is 29.0 Å². The van der Waals surface area contributed by atoms with E-state index in [1.165, 1.54) is 25.7 Å². The number of aromatic hydroxyl groups is 1. The molecule has 0 amide bonds. The van der Waals surface area contributed by atoms with Gasteiger partial charge in [0.15, 0.2) is 0 Å². The molecule has 1 aliphatic rings. The van der Waals surface area contributed by atoms with E-state index in [-0.39, 0.29) is 11.4 Å². The van der Waals surface area contributed by atoms with Crippen LogP contribution in [0.5, 0.6) is 5.75 Å². The average molecular weight is 316 g/mol. The van der Waals surface area contributed by atoms with Gasteiger partial charge in [-0.1, -0.05) is 20.3 Å². The molecule has 4 nitrogen and oxygen atoms in total. The predicted molar refractivity (Wildman–Crippen MR) is 90.6 cm³/mol. The Morgan fingerprint density at radius 3 is 2.74 bits per heavy atom. The van der Waals surface area contributed by atoms with E-state index in [4.69, 9.17) is 4.42 Å². The summed E-state index contributed by atoms with van der Waals surface area (Å²) in [6.07, 6.45) is 5.94. The molecule has 2 atom stereocenters. The Morgan fingerprint density at radius 1 is 1.22 bits per heavy atom. The van der Waals surface area contributed by atoms with E-state index in [2.05, 4.69) is 12.2 Å². The van der Waals surface area contributed by atoms with Crippen molar-refractivity contribution in [2.24, 2.45) is 5.92 Å². The Morgan fingerprint density at radius 2 is 2.00 bits per heavy atom. The largest absolute Gasteiger partial charge is 0.508 e. The minimum absolute atomic E-state index is 0.199. The standard InChI is InChI=1S/C19H25NO3/c1-3-13-8-15-14(9-19(22)23-18(15)10-17(13)21)11-20-16-7-5-4-6-12(16)2/h8-10,12,16,20-21H,3-7,11H2,1-2H3/p+1/t12-,16-/m0/s1. The third-order valence-electron chi connectivity index (χ3n) is 5.23. The van der Waals surface area contributed by atoms with Crippen molar-refractivity contribution in [1.82, 2.24) is 0 Å². The minimum Gasteiger partial charge on any atom is -0.508 e. The Labute approximate surface area is 136 Å². The van der Waals surface area contributed by atoms with Gasteiger partial charge in [-0.25, -0.2) is 4.79 Å². The first kappa shape index (κ1) is 16.1. The van der Waals surface area contributed by atoms with Crippen molar-refractivity contribution in [3.63, 3.8) is 0 Å². The number of hydrogen-bond acceptors (Lipinski definition) is 3. The zero-order valence-corrected chi connectivity index (χ0v) is 14.0. The number of benzene rings is 1. The van der Waals surface area contributed by atoms with Gasteiger partial charge in [-0.2, -0.15) is 0 Å². The van der Waals surface area contributed by atoms with Crippen LogP contribution >= 0.6 is 0 Å². The molecule has 0 spiro atoms. The third kappa shape index (κ3) is 3.42. The summed E-state index contributed by atoms with van der Waals surface area (Å²) in [4.78, 5) is 11.8. The van der Waals surface area contributed by atoms with Crippen LogP contribution < -0.4 is 10.9 Å². The Kier molecular flexibility index (Phi) is 4.71. The lowest BCUT2D eigenvalue weighted by Crippen LogP contribution is -2.90. The summed E-state index contributed by atoms with van der Waals surface area (Å²) in [5.41, 5.74) is 2.02. The number of phenolic OH excluding ortho intramolecular Hbond substituents is 1. The molecule has 0 unspecified atom stereocenters. The Bertz CT molecular complexity index is 750. The maximum atomic E-state index is 11.8. The van der Waals surface area contributed by atoms with Gasteiger partial charge < -0.3 is 14.8 Å². The molecule has 0 aliphatic heterocycles. The summed E-state index contributed by atoms with van der Waals surface area (Å²) in [5, 5.41) is 13.3. The highest BCUT2D eigenvalue weighted by atomic mass is 16.4. The second-order valence-corrected chi connectivity index (χ2v) is 6.79. The number of phenols is 1. The smallest absolute Gasteiger partial charge is 0.336 e. The van der Waals surface area contributed by atoms with Gasteiger partial charge in [-0.15, -0.1) is 0 Å². The average Bonchev–Trinajstić information content (AvgIpc) is 2.53. The fourth-order valence-corrected chi connectivity index (χ4v) is 3.73. The normalized spacial score (nSPS) is 21.7. The monoisotopic (exact) mass is 316 g/mol. The van der Waals surface area contributed by atoms with Gasteiger partial charge in [0.2, 0.25) is 0 Å². The number of hydrogen-bond donors (Lipinski definition) is 2. The summed E-state index contributed by atoms with van der Waals surface area (Å²) >= 11 is 0. The molecule has 4 heteroatoms. The van der Waals surface area contributed by atoms with Crippen molar-refractivity contribution in [2.45, 2.75) is 58.5 Å². The van der Waals surface area contributed by atoms with E-state index in [0.717, 1.165) is 35.4 Å². The first-order valence-corrected chi connectivity index (χ1v) is 8.70. The highest BCUT2D eigenvalue weighted by Crippen LogP contribution is 2.27. The summed E-state index contributed by atoms with van der Waals surface area (Å²) in [6.45, 7) is 5.12. The highest BCUT2D eigenvalue weighted by molar-refractivity contribution is 5.82.